The highest BCUT2D eigenvalue weighted by atomic mass is 35.5. The van der Waals surface area contributed by atoms with Crippen LogP contribution >= 0.6 is 23.2 Å². The predicted molar refractivity (Wildman–Crippen MR) is 138 cm³/mol. The van der Waals surface area contributed by atoms with Gasteiger partial charge in [-0.1, -0.05) is 53.5 Å². The van der Waals surface area contributed by atoms with Gasteiger partial charge in [0.15, 0.2) is 5.78 Å². The number of hydrogen-bond acceptors (Lipinski definition) is 4. The molecule has 7 rings (SSSR count). The van der Waals surface area contributed by atoms with E-state index in [1.807, 2.05) is 30.3 Å². The van der Waals surface area contributed by atoms with Gasteiger partial charge in [-0.25, -0.2) is 0 Å². The number of halogens is 2. The van der Waals surface area contributed by atoms with Crippen molar-refractivity contribution in [1.82, 2.24) is 4.90 Å². The van der Waals surface area contributed by atoms with Crippen molar-refractivity contribution in [2.75, 3.05) is 17.2 Å². The van der Waals surface area contributed by atoms with E-state index in [0.717, 1.165) is 6.42 Å². The highest BCUT2D eigenvalue weighted by molar-refractivity contribution is 6.35. The number of carbonyl (C=O) groups is 3. The Hall–Kier alpha value is -3.19. The van der Waals surface area contributed by atoms with Crippen LogP contribution in [0.5, 0.6) is 0 Å². The summed E-state index contributed by atoms with van der Waals surface area (Å²) < 4.78 is 0. The molecule has 0 radical (unpaired) electrons. The van der Waals surface area contributed by atoms with Crippen LogP contribution in [0.2, 0.25) is 10.0 Å². The van der Waals surface area contributed by atoms with Gasteiger partial charge in [0.25, 0.3) is 5.91 Å². The number of fused-ring (bicyclic) bond motifs is 7. The van der Waals surface area contributed by atoms with Gasteiger partial charge in [-0.3, -0.25) is 19.3 Å². The Labute approximate surface area is 217 Å². The van der Waals surface area contributed by atoms with E-state index >= 15 is 0 Å². The lowest BCUT2D eigenvalue weighted by Crippen LogP contribution is -2.62. The van der Waals surface area contributed by atoms with Gasteiger partial charge in [0, 0.05) is 27.9 Å². The number of amides is 2. The van der Waals surface area contributed by atoms with Gasteiger partial charge in [0.1, 0.15) is 11.0 Å². The third-order valence-electron chi connectivity index (χ3n) is 8.49. The van der Waals surface area contributed by atoms with Crippen molar-refractivity contribution < 1.29 is 14.4 Å². The Kier molecular flexibility index (Phi) is 4.54. The SMILES string of the molecule is O=C(c1ccc(Cl)cc1)C1C2CCCN2C2(C(=O)Nc3c(Cl)cccc32)C12C(=O)Nc1ccccc12. The molecule has 0 aromatic heterocycles. The van der Waals surface area contributed by atoms with Crippen molar-refractivity contribution in [2.24, 2.45) is 5.92 Å². The fraction of sp³-hybridized carbons (Fsp3) is 0.250. The molecule has 2 amide bonds. The molecule has 3 aromatic carbocycles. The molecule has 4 aliphatic rings. The molecule has 0 aliphatic carbocycles. The summed E-state index contributed by atoms with van der Waals surface area (Å²) >= 11 is 12.7. The zero-order chi connectivity index (χ0) is 24.8. The number of hydrogen-bond donors (Lipinski definition) is 2. The minimum Gasteiger partial charge on any atom is -0.325 e. The molecular weight excluding hydrogens is 497 g/mol. The first-order valence-corrected chi connectivity index (χ1v) is 12.8. The molecule has 180 valence electrons. The Morgan fingerprint density at radius 1 is 0.889 bits per heavy atom. The lowest BCUT2D eigenvalue weighted by atomic mass is 9.57. The van der Waals surface area contributed by atoms with Crippen LogP contribution in [0.15, 0.2) is 66.7 Å². The van der Waals surface area contributed by atoms with Gasteiger partial charge < -0.3 is 10.6 Å². The van der Waals surface area contributed by atoms with Crippen LogP contribution in [0, 0.1) is 5.92 Å². The van der Waals surface area contributed by atoms with Crippen LogP contribution in [0.25, 0.3) is 0 Å². The van der Waals surface area contributed by atoms with E-state index in [4.69, 9.17) is 23.2 Å². The van der Waals surface area contributed by atoms with Gasteiger partial charge >= 0.3 is 0 Å². The minimum absolute atomic E-state index is 0.171. The maximum atomic E-state index is 14.4. The fourth-order valence-corrected chi connectivity index (χ4v) is 7.71. The number of nitrogens with zero attached hydrogens (tertiary/aromatic N) is 1. The second-order valence-corrected chi connectivity index (χ2v) is 10.7. The summed E-state index contributed by atoms with van der Waals surface area (Å²) in [5.74, 6) is -1.62. The lowest BCUT2D eigenvalue weighted by Gasteiger charge is -2.43. The van der Waals surface area contributed by atoms with Gasteiger partial charge in [-0.2, -0.15) is 0 Å². The fourth-order valence-electron chi connectivity index (χ4n) is 7.36. The molecule has 36 heavy (non-hydrogen) atoms. The highest BCUT2D eigenvalue weighted by Gasteiger charge is 2.81. The molecule has 8 heteroatoms. The third kappa shape index (κ3) is 2.40. The molecule has 4 atom stereocenters. The topological polar surface area (TPSA) is 78.5 Å². The summed E-state index contributed by atoms with van der Waals surface area (Å²) in [4.78, 5) is 45.2. The smallest absolute Gasteiger partial charge is 0.251 e. The Balaban J connectivity index is 1.59. The average Bonchev–Trinajstić information content (AvgIpc) is 3.59. The van der Waals surface area contributed by atoms with Gasteiger partial charge in [0.2, 0.25) is 5.91 Å². The molecule has 4 aliphatic heterocycles. The van der Waals surface area contributed by atoms with Crippen LogP contribution in [0.4, 0.5) is 11.4 Å². The lowest BCUT2D eigenvalue weighted by molar-refractivity contribution is -0.137. The molecule has 3 aromatic rings. The number of nitrogens with one attached hydrogen (secondary N) is 2. The van der Waals surface area contributed by atoms with Crippen LogP contribution in [-0.4, -0.2) is 35.1 Å². The average molecular weight is 518 g/mol. The molecule has 4 heterocycles. The standard InChI is InChI=1S/C28H21Cl2N3O3/c29-16-12-10-15(11-13-16)24(34)22-21-9-4-14-33(21)28(18-6-3-7-19(30)23(18)32-26(28)36)27(22)17-5-1-2-8-20(17)31-25(27)35/h1-3,5-8,10-13,21-22H,4,9,14H2,(H,31,35)(H,32,36). The zero-order valence-corrected chi connectivity index (χ0v) is 20.6. The number of para-hydroxylation sites is 2. The first-order valence-electron chi connectivity index (χ1n) is 12.0. The van der Waals surface area contributed by atoms with Gasteiger partial charge in [-0.05, 0) is 61.3 Å². The maximum Gasteiger partial charge on any atom is 0.251 e. The first kappa shape index (κ1) is 22.0. The normalized spacial score (nSPS) is 29.8. The first-order chi connectivity index (χ1) is 17.4. The van der Waals surface area contributed by atoms with Crippen molar-refractivity contribution in [1.29, 1.82) is 0 Å². The summed E-state index contributed by atoms with van der Waals surface area (Å²) in [6.07, 6.45) is 1.52. The molecule has 4 unspecified atom stereocenters. The molecule has 2 spiro atoms. The second kappa shape index (κ2) is 7.42. The van der Waals surface area contributed by atoms with E-state index in [9.17, 15) is 14.4 Å². The monoisotopic (exact) mass is 517 g/mol. The van der Waals surface area contributed by atoms with E-state index in [1.54, 1.807) is 36.4 Å². The van der Waals surface area contributed by atoms with Crippen molar-refractivity contribution in [3.63, 3.8) is 0 Å². The Morgan fingerprint density at radius 3 is 2.44 bits per heavy atom. The van der Waals surface area contributed by atoms with Crippen molar-refractivity contribution >= 4 is 52.2 Å². The number of ketones is 1. The zero-order valence-electron chi connectivity index (χ0n) is 19.1. The Morgan fingerprint density at radius 2 is 1.64 bits per heavy atom. The molecule has 0 saturated carbocycles. The van der Waals surface area contributed by atoms with Gasteiger partial charge in [0.05, 0.1) is 16.6 Å². The van der Waals surface area contributed by atoms with Crippen LogP contribution in [0.1, 0.15) is 34.3 Å². The van der Waals surface area contributed by atoms with E-state index in [2.05, 4.69) is 15.5 Å². The van der Waals surface area contributed by atoms with Crippen LogP contribution in [0.3, 0.4) is 0 Å². The number of Topliss-reactive ketones (excluding diaryl/α,β-unsaturated/α-hetero) is 1. The van der Waals surface area contributed by atoms with E-state index in [-0.39, 0.29) is 23.6 Å². The molecule has 2 saturated heterocycles. The van der Waals surface area contributed by atoms with E-state index < -0.39 is 16.9 Å². The summed E-state index contributed by atoms with van der Waals surface area (Å²) in [7, 11) is 0. The summed E-state index contributed by atoms with van der Waals surface area (Å²) in [6, 6.07) is 19.2. The minimum atomic E-state index is -1.48. The predicted octanol–water partition coefficient (Wildman–Crippen LogP) is 5.01. The summed E-state index contributed by atoms with van der Waals surface area (Å²) in [6.45, 7) is 0.589. The highest BCUT2D eigenvalue weighted by Crippen LogP contribution is 2.68. The van der Waals surface area contributed by atoms with Crippen LogP contribution in [-0.2, 0) is 20.5 Å². The van der Waals surface area contributed by atoms with Crippen molar-refractivity contribution in [3.8, 4) is 0 Å². The van der Waals surface area contributed by atoms with Gasteiger partial charge in [-0.15, -0.1) is 0 Å². The van der Waals surface area contributed by atoms with Crippen molar-refractivity contribution in [2.45, 2.75) is 29.8 Å². The molecular formula is C28H21Cl2N3O3. The third-order valence-corrected chi connectivity index (χ3v) is 9.06. The largest absolute Gasteiger partial charge is 0.325 e. The number of benzene rings is 3. The summed E-state index contributed by atoms with van der Waals surface area (Å²) in [5, 5.41) is 6.96. The molecule has 2 N–H and O–H groups in total. The molecule has 6 nitrogen and oxygen atoms in total. The quantitative estimate of drug-likeness (QED) is 0.468. The molecule has 2 fully saturated rings. The summed E-state index contributed by atoms with van der Waals surface area (Å²) in [5.41, 5.74) is 0.00844. The van der Waals surface area contributed by atoms with E-state index in [1.165, 1.54) is 0 Å². The maximum absolute atomic E-state index is 14.4. The van der Waals surface area contributed by atoms with E-state index in [0.29, 0.717) is 51.1 Å². The molecule has 0 bridgehead atoms. The number of anilines is 2. The van der Waals surface area contributed by atoms with Crippen molar-refractivity contribution in [3.05, 3.63) is 93.5 Å². The van der Waals surface area contributed by atoms with Crippen LogP contribution < -0.4 is 10.6 Å². The Bertz CT molecular complexity index is 1490. The second-order valence-electron chi connectivity index (χ2n) is 9.89. The number of rotatable bonds is 2. The number of carbonyl (C=O) groups excluding carboxylic acids is 3.